The minimum atomic E-state index is -0.154. The standard InChI is InChI=1S/C7H10BrN3O/c1-3-9-6-5(8)7(12)11-4(2)10-6/h3H2,1-2H3,(H2,9,10,11,12). The number of aryl methyl sites for hydroxylation is 1. The molecule has 0 fully saturated rings. The molecule has 1 heterocycles. The number of hydrogen-bond donors (Lipinski definition) is 2. The van der Waals surface area contributed by atoms with E-state index in [0.29, 0.717) is 16.1 Å². The number of H-pyrrole nitrogens is 1. The summed E-state index contributed by atoms with van der Waals surface area (Å²) in [4.78, 5) is 17.8. The number of hydrogen-bond acceptors (Lipinski definition) is 3. The first-order valence-electron chi connectivity index (χ1n) is 3.65. The van der Waals surface area contributed by atoms with E-state index in [4.69, 9.17) is 0 Å². The normalized spacial score (nSPS) is 9.92. The van der Waals surface area contributed by atoms with Gasteiger partial charge in [0.25, 0.3) is 5.56 Å². The molecule has 1 aromatic heterocycles. The van der Waals surface area contributed by atoms with Crippen LogP contribution in [-0.4, -0.2) is 16.5 Å². The molecule has 5 heteroatoms. The van der Waals surface area contributed by atoms with Gasteiger partial charge in [0.1, 0.15) is 16.1 Å². The summed E-state index contributed by atoms with van der Waals surface area (Å²) in [5.41, 5.74) is -0.154. The molecule has 2 N–H and O–H groups in total. The van der Waals surface area contributed by atoms with Gasteiger partial charge in [-0.3, -0.25) is 4.79 Å². The summed E-state index contributed by atoms with van der Waals surface area (Å²) in [7, 11) is 0. The predicted octanol–water partition coefficient (Wildman–Crippen LogP) is 1.27. The van der Waals surface area contributed by atoms with Crippen LogP contribution in [0.15, 0.2) is 9.27 Å². The van der Waals surface area contributed by atoms with Crippen molar-refractivity contribution in [2.45, 2.75) is 13.8 Å². The van der Waals surface area contributed by atoms with E-state index in [2.05, 4.69) is 31.2 Å². The third kappa shape index (κ3) is 1.85. The molecule has 4 nitrogen and oxygen atoms in total. The highest BCUT2D eigenvalue weighted by atomic mass is 79.9. The van der Waals surface area contributed by atoms with E-state index in [9.17, 15) is 4.79 Å². The van der Waals surface area contributed by atoms with Crippen molar-refractivity contribution in [3.63, 3.8) is 0 Å². The van der Waals surface area contributed by atoms with Crippen LogP contribution in [0.25, 0.3) is 0 Å². The fourth-order valence-electron chi connectivity index (χ4n) is 0.856. The molecule has 0 saturated carbocycles. The predicted molar refractivity (Wildman–Crippen MR) is 51.5 cm³/mol. The van der Waals surface area contributed by atoms with Crippen molar-refractivity contribution in [2.24, 2.45) is 0 Å². The summed E-state index contributed by atoms with van der Waals surface area (Å²) in [5, 5.41) is 2.98. The summed E-state index contributed by atoms with van der Waals surface area (Å²) in [5.74, 6) is 1.21. The van der Waals surface area contributed by atoms with E-state index in [1.807, 2.05) is 6.92 Å². The van der Waals surface area contributed by atoms with Gasteiger partial charge >= 0.3 is 0 Å². The van der Waals surface area contributed by atoms with E-state index in [1.54, 1.807) is 6.92 Å². The molecule has 0 radical (unpaired) electrons. The van der Waals surface area contributed by atoms with Crippen LogP contribution in [-0.2, 0) is 0 Å². The number of rotatable bonds is 2. The van der Waals surface area contributed by atoms with Gasteiger partial charge in [0.05, 0.1) is 0 Å². The fraction of sp³-hybridized carbons (Fsp3) is 0.429. The largest absolute Gasteiger partial charge is 0.369 e. The maximum atomic E-state index is 11.2. The van der Waals surface area contributed by atoms with Crippen LogP contribution in [0.2, 0.25) is 0 Å². The second-order valence-electron chi connectivity index (χ2n) is 2.34. The number of nitrogens with one attached hydrogen (secondary N) is 2. The molecule has 1 aromatic rings. The Morgan fingerprint density at radius 1 is 1.67 bits per heavy atom. The second-order valence-corrected chi connectivity index (χ2v) is 3.14. The SMILES string of the molecule is CCNc1nc(C)[nH]c(=O)c1Br. The minimum Gasteiger partial charge on any atom is -0.369 e. The maximum absolute atomic E-state index is 11.2. The molecule has 0 aliphatic carbocycles. The van der Waals surface area contributed by atoms with E-state index >= 15 is 0 Å². The third-order valence-electron chi connectivity index (χ3n) is 1.33. The summed E-state index contributed by atoms with van der Waals surface area (Å²) in [6.45, 7) is 4.44. The van der Waals surface area contributed by atoms with Crippen LogP contribution in [0, 0.1) is 6.92 Å². The average Bonchev–Trinajstić information content (AvgIpc) is 2.00. The molecule has 66 valence electrons. The molecule has 12 heavy (non-hydrogen) atoms. The van der Waals surface area contributed by atoms with Crippen molar-refractivity contribution >= 4 is 21.7 Å². The monoisotopic (exact) mass is 231 g/mol. The summed E-state index contributed by atoms with van der Waals surface area (Å²) >= 11 is 3.15. The number of aromatic amines is 1. The van der Waals surface area contributed by atoms with Gasteiger partial charge in [-0.25, -0.2) is 4.98 Å². The van der Waals surface area contributed by atoms with Gasteiger partial charge in [0.15, 0.2) is 0 Å². The molecule has 0 bridgehead atoms. The van der Waals surface area contributed by atoms with Crippen LogP contribution in [0.4, 0.5) is 5.82 Å². The summed E-state index contributed by atoms with van der Waals surface area (Å²) < 4.78 is 0.454. The Balaban J connectivity index is 3.18. The zero-order valence-corrected chi connectivity index (χ0v) is 8.53. The first-order valence-corrected chi connectivity index (χ1v) is 4.44. The highest BCUT2D eigenvalue weighted by Crippen LogP contribution is 2.13. The van der Waals surface area contributed by atoms with E-state index < -0.39 is 0 Å². The third-order valence-corrected chi connectivity index (χ3v) is 2.06. The lowest BCUT2D eigenvalue weighted by Crippen LogP contribution is -2.14. The van der Waals surface area contributed by atoms with Crippen molar-refractivity contribution in [3.8, 4) is 0 Å². The van der Waals surface area contributed by atoms with Gasteiger partial charge in [0, 0.05) is 6.54 Å². The molecule has 1 rings (SSSR count). The molecular weight excluding hydrogens is 222 g/mol. The first-order chi connectivity index (χ1) is 5.65. The Morgan fingerprint density at radius 2 is 2.33 bits per heavy atom. The molecule has 0 aliphatic rings. The Kier molecular flexibility index (Phi) is 2.86. The van der Waals surface area contributed by atoms with Gasteiger partial charge < -0.3 is 10.3 Å². The van der Waals surface area contributed by atoms with Crippen molar-refractivity contribution < 1.29 is 0 Å². The molecule has 0 saturated heterocycles. The lowest BCUT2D eigenvalue weighted by Gasteiger charge is -2.04. The number of anilines is 1. The second kappa shape index (κ2) is 3.71. The zero-order chi connectivity index (χ0) is 9.14. The van der Waals surface area contributed by atoms with Crippen LogP contribution in [0.5, 0.6) is 0 Å². The fourth-order valence-corrected chi connectivity index (χ4v) is 1.18. The number of aromatic nitrogens is 2. The van der Waals surface area contributed by atoms with E-state index in [0.717, 1.165) is 6.54 Å². The van der Waals surface area contributed by atoms with Crippen molar-refractivity contribution in [1.82, 2.24) is 9.97 Å². The molecule has 0 amide bonds. The summed E-state index contributed by atoms with van der Waals surface area (Å²) in [6, 6.07) is 0. The Labute approximate surface area is 78.5 Å². The number of halogens is 1. The average molecular weight is 232 g/mol. The summed E-state index contributed by atoms with van der Waals surface area (Å²) in [6.07, 6.45) is 0. The lowest BCUT2D eigenvalue weighted by atomic mass is 10.5. The van der Waals surface area contributed by atoms with Gasteiger partial charge in [0.2, 0.25) is 0 Å². The van der Waals surface area contributed by atoms with Gasteiger partial charge in [-0.1, -0.05) is 0 Å². The highest BCUT2D eigenvalue weighted by molar-refractivity contribution is 9.10. The quantitative estimate of drug-likeness (QED) is 0.807. The topological polar surface area (TPSA) is 57.8 Å². The first kappa shape index (κ1) is 9.25. The van der Waals surface area contributed by atoms with Crippen LogP contribution in [0.1, 0.15) is 12.7 Å². The van der Waals surface area contributed by atoms with Gasteiger partial charge in [-0.2, -0.15) is 0 Å². The Hall–Kier alpha value is -0.840. The maximum Gasteiger partial charge on any atom is 0.267 e. The van der Waals surface area contributed by atoms with Crippen molar-refractivity contribution in [1.29, 1.82) is 0 Å². The highest BCUT2D eigenvalue weighted by Gasteiger charge is 2.04. The Bertz CT molecular complexity index is 334. The van der Waals surface area contributed by atoms with Gasteiger partial charge in [-0.15, -0.1) is 0 Å². The smallest absolute Gasteiger partial charge is 0.267 e. The van der Waals surface area contributed by atoms with Gasteiger partial charge in [-0.05, 0) is 29.8 Å². The molecule has 0 spiro atoms. The molecule has 0 aliphatic heterocycles. The Morgan fingerprint density at radius 3 is 2.92 bits per heavy atom. The van der Waals surface area contributed by atoms with Crippen molar-refractivity contribution in [2.75, 3.05) is 11.9 Å². The molecule has 0 aromatic carbocycles. The van der Waals surface area contributed by atoms with Crippen LogP contribution in [0.3, 0.4) is 0 Å². The van der Waals surface area contributed by atoms with Crippen molar-refractivity contribution in [3.05, 3.63) is 20.7 Å². The minimum absolute atomic E-state index is 0.154. The van der Waals surface area contributed by atoms with Crippen LogP contribution >= 0.6 is 15.9 Å². The van der Waals surface area contributed by atoms with E-state index in [1.165, 1.54) is 0 Å². The van der Waals surface area contributed by atoms with E-state index in [-0.39, 0.29) is 5.56 Å². The number of nitrogens with zero attached hydrogens (tertiary/aromatic N) is 1. The zero-order valence-electron chi connectivity index (χ0n) is 6.94. The molecule has 0 unspecified atom stereocenters. The lowest BCUT2D eigenvalue weighted by molar-refractivity contribution is 0.994. The molecule has 0 atom stereocenters. The van der Waals surface area contributed by atoms with Crippen LogP contribution < -0.4 is 10.9 Å². The molecular formula is C7H10BrN3O.